The zero-order chi connectivity index (χ0) is 12.5. The van der Waals surface area contributed by atoms with E-state index in [9.17, 15) is 4.79 Å². The fourth-order valence-electron chi connectivity index (χ4n) is 2.32. The first-order valence-corrected chi connectivity index (χ1v) is 5.94. The molecule has 0 radical (unpaired) electrons. The lowest BCUT2D eigenvalue weighted by molar-refractivity contribution is -0.136. The van der Waals surface area contributed by atoms with Gasteiger partial charge in [-0.15, -0.1) is 0 Å². The molecule has 0 saturated heterocycles. The Bertz CT molecular complexity index is 571. The molecule has 2 aromatic heterocycles. The molecule has 2 aromatic rings. The van der Waals surface area contributed by atoms with Gasteiger partial charge in [0.1, 0.15) is 5.69 Å². The van der Waals surface area contributed by atoms with Gasteiger partial charge in [0.05, 0.1) is 17.8 Å². The highest BCUT2D eigenvalue weighted by Crippen LogP contribution is 2.27. The van der Waals surface area contributed by atoms with E-state index in [-0.39, 0.29) is 6.42 Å². The fraction of sp³-hybridized carbons (Fsp3) is 0.333. The van der Waals surface area contributed by atoms with Gasteiger partial charge >= 0.3 is 5.97 Å². The minimum absolute atomic E-state index is 0.0109. The van der Waals surface area contributed by atoms with Gasteiger partial charge in [-0.1, -0.05) is 0 Å². The van der Waals surface area contributed by atoms with Gasteiger partial charge < -0.3 is 20.0 Å². The van der Waals surface area contributed by atoms with Crippen LogP contribution in [0.4, 0.5) is 5.95 Å². The highest BCUT2D eigenvalue weighted by Gasteiger charge is 2.22. The lowest BCUT2D eigenvalue weighted by Gasteiger charge is -2.17. The second-order valence-electron chi connectivity index (χ2n) is 4.32. The molecule has 0 unspecified atom stereocenters. The molecular formula is C12H14N4O2. The molecule has 3 rings (SSSR count). The van der Waals surface area contributed by atoms with Crippen molar-refractivity contribution in [3.8, 4) is 11.4 Å². The Labute approximate surface area is 104 Å². The number of hydrogen-bond donors (Lipinski definition) is 3. The molecule has 6 heteroatoms. The van der Waals surface area contributed by atoms with E-state index >= 15 is 0 Å². The minimum atomic E-state index is -0.837. The van der Waals surface area contributed by atoms with Crippen LogP contribution in [0.5, 0.6) is 0 Å². The van der Waals surface area contributed by atoms with Crippen molar-refractivity contribution in [2.24, 2.45) is 0 Å². The molecule has 0 bridgehead atoms. The number of rotatable bonds is 3. The lowest BCUT2D eigenvalue weighted by Crippen LogP contribution is -2.19. The molecule has 3 N–H and O–H groups in total. The van der Waals surface area contributed by atoms with Crippen molar-refractivity contribution >= 4 is 11.9 Å². The Morgan fingerprint density at radius 3 is 3.17 bits per heavy atom. The van der Waals surface area contributed by atoms with E-state index in [0.29, 0.717) is 0 Å². The van der Waals surface area contributed by atoms with Crippen molar-refractivity contribution < 1.29 is 9.90 Å². The number of carbonyl (C=O) groups is 1. The Kier molecular flexibility index (Phi) is 2.55. The van der Waals surface area contributed by atoms with E-state index in [1.807, 2.05) is 22.9 Å². The molecule has 0 saturated carbocycles. The predicted octanol–water partition coefficient (Wildman–Crippen LogP) is 1.32. The summed E-state index contributed by atoms with van der Waals surface area (Å²) in [7, 11) is 0. The number of nitrogens with zero attached hydrogens (tertiary/aromatic N) is 2. The standard InChI is InChI=1S/C12H14N4O2/c17-10(18)7-9-11(8-3-1-4-13-8)15-12-14-5-2-6-16(9)12/h1,3-4,13H,2,5-7H2,(H,14,15)(H,17,18). The summed E-state index contributed by atoms with van der Waals surface area (Å²) in [6, 6.07) is 3.78. The number of aliphatic carboxylic acids is 1. The summed E-state index contributed by atoms with van der Waals surface area (Å²) < 4.78 is 1.97. The summed E-state index contributed by atoms with van der Waals surface area (Å²) in [5, 5.41) is 12.2. The Balaban J connectivity index is 2.12. The Morgan fingerprint density at radius 2 is 2.44 bits per heavy atom. The van der Waals surface area contributed by atoms with Gasteiger partial charge in [0, 0.05) is 19.3 Å². The first-order valence-electron chi connectivity index (χ1n) is 5.94. The van der Waals surface area contributed by atoms with Crippen molar-refractivity contribution in [1.82, 2.24) is 14.5 Å². The number of carboxylic acids is 1. The first-order chi connectivity index (χ1) is 8.75. The van der Waals surface area contributed by atoms with Gasteiger partial charge in [-0.25, -0.2) is 4.98 Å². The molecule has 1 aliphatic heterocycles. The molecule has 0 aromatic carbocycles. The third-order valence-electron chi connectivity index (χ3n) is 3.09. The van der Waals surface area contributed by atoms with E-state index in [1.165, 1.54) is 0 Å². The molecule has 0 spiro atoms. The van der Waals surface area contributed by atoms with Crippen LogP contribution < -0.4 is 5.32 Å². The fourth-order valence-corrected chi connectivity index (χ4v) is 2.32. The largest absolute Gasteiger partial charge is 0.481 e. The van der Waals surface area contributed by atoms with Crippen LogP contribution >= 0.6 is 0 Å². The zero-order valence-electron chi connectivity index (χ0n) is 9.81. The van der Waals surface area contributed by atoms with Crippen molar-refractivity contribution in [2.45, 2.75) is 19.4 Å². The number of nitrogens with one attached hydrogen (secondary N) is 2. The maximum Gasteiger partial charge on any atom is 0.309 e. The number of fused-ring (bicyclic) bond motifs is 1. The lowest BCUT2D eigenvalue weighted by atomic mass is 10.2. The van der Waals surface area contributed by atoms with Crippen LogP contribution in [-0.2, 0) is 17.8 Å². The van der Waals surface area contributed by atoms with Crippen LogP contribution in [0.1, 0.15) is 12.1 Å². The molecule has 18 heavy (non-hydrogen) atoms. The summed E-state index contributed by atoms with van der Waals surface area (Å²) in [6.45, 7) is 1.70. The van der Waals surface area contributed by atoms with Crippen LogP contribution in [0.3, 0.4) is 0 Å². The zero-order valence-corrected chi connectivity index (χ0v) is 9.81. The first kappa shape index (κ1) is 10.9. The maximum atomic E-state index is 11.0. The third-order valence-corrected chi connectivity index (χ3v) is 3.09. The Hall–Kier alpha value is -2.24. The van der Waals surface area contributed by atoms with Gasteiger partial charge in [-0.05, 0) is 18.6 Å². The van der Waals surface area contributed by atoms with Gasteiger partial charge in [0.25, 0.3) is 0 Å². The number of imidazole rings is 1. The molecule has 94 valence electrons. The highest BCUT2D eigenvalue weighted by molar-refractivity contribution is 5.74. The average Bonchev–Trinajstić information content (AvgIpc) is 2.96. The van der Waals surface area contributed by atoms with Crippen LogP contribution in [0, 0.1) is 0 Å². The monoisotopic (exact) mass is 246 g/mol. The molecular weight excluding hydrogens is 232 g/mol. The van der Waals surface area contributed by atoms with E-state index in [1.54, 1.807) is 0 Å². The quantitative estimate of drug-likeness (QED) is 0.762. The normalized spacial score (nSPS) is 14.0. The summed E-state index contributed by atoms with van der Waals surface area (Å²) >= 11 is 0. The molecule has 0 atom stereocenters. The SMILES string of the molecule is O=C(O)Cc1c(-c2ccc[nH]2)nc2n1CCCN2. The average molecular weight is 246 g/mol. The van der Waals surface area contributed by atoms with E-state index in [2.05, 4.69) is 15.3 Å². The number of H-pyrrole nitrogens is 1. The number of anilines is 1. The van der Waals surface area contributed by atoms with Crippen molar-refractivity contribution in [3.05, 3.63) is 24.0 Å². The smallest absolute Gasteiger partial charge is 0.309 e. The van der Waals surface area contributed by atoms with Crippen LogP contribution in [0.15, 0.2) is 18.3 Å². The number of carboxylic acid groups (broad SMARTS) is 1. The van der Waals surface area contributed by atoms with Gasteiger partial charge in [0.15, 0.2) is 0 Å². The molecule has 0 aliphatic carbocycles. The van der Waals surface area contributed by atoms with Crippen LogP contribution in [0.25, 0.3) is 11.4 Å². The number of hydrogen-bond acceptors (Lipinski definition) is 3. The van der Waals surface area contributed by atoms with Gasteiger partial charge in [-0.3, -0.25) is 4.79 Å². The second kappa shape index (κ2) is 4.21. The Morgan fingerprint density at radius 1 is 1.56 bits per heavy atom. The highest BCUT2D eigenvalue weighted by atomic mass is 16.4. The third kappa shape index (κ3) is 1.75. The van der Waals surface area contributed by atoms with Crippen molar-refractivity contribution in [2.75, 3.05) is 11.9 Å². The van der Waals surface area contributed by atoms with Gasteiger partial charge in [0.2, 0.25) is 5.95 Å². The summed E-state index contributed by atoms with van der Waals surface area (Å²) in [4.78, 5) is 18.6. The predicted molar refractivity (Wildman–Crippen MR) is 66.5 cm³/mol. The van der Waals surface area contributed by atoms with Crippen molar-refractivity contribution in [3.63, 3.8) is 0 Å². The minimum Gasteiger partial charge on any atom is -0.481 e. The summed E-state index contributed by atoms with van der Waals surface area (Å²) in [6.07, 6.45) is 2.79. The number of aromatic nitrogens is 3. The molecule has 0 fully saturated rings. The maximum absolute atomic E-state index is 11.0. The molecule has 3 heterocycles. The van der Waals surface area contributed by atoms with Crippen LogP contribution in [0.2, 0.25) is 0 Å². The summed E-state index contributed by atoms with van der Waals surface area (Å²) in [5.74, 6) is -0.0711. The van der Waals surface area contributed by atoms with E-state index < -0.39 is 5.97 Å². The van der Waals surface area contributed by atoms with Crippen molar-refractivity contribution in [1.29, 1.82) is 0 Å². The topological polar surface area (TPSA) is 82.9 Å². The molecule has 1 aliphatic rings. The molecule has 6 nitrogen and oxygen atoms in total. The van der Waals surface area contributed by atoms with Crippen LogP contribution in [-0.4, -0.2) is 32.2 Å². The summed E-state index contributed by atoms with van der Waals surface area (Å²) in [5.41, 5.74) is 2.34. The van der Waals surface area contributed by atoms with E-state index in [0.717, 1.165) is 42.5 Å². The van der Waals surface area contributed by atoms with E-state index in [4.69, 9.17) is 5.11 Å². The second-order valence-corrected chi connectivity index (χ2v) is 4.32. The molecule has 0 amide bonds. The van der Waals surface area contributed by atoms with Gasteiger partial charge in [-0.2, -0.15) is 0 Å². The number of aromatic amines is 1.